The topological polar surface area (TPSA) is 49.3 Å². The number of piperazine rings is 1. The van der Waals surface area contributed by atoms with E-state index in [1.54, 1.807) is 12.1 Å². The summed E-state index contributed by atoms with van der Waals surface area (Å²) in [6.45, 7) is 8.84. The summed E-state index contributed by atoms with van der Waals surface area (Å²) in [5.41, 5.74) is 0.363. The van der Waals surface area contributed by atoms with Crippen molar-refractivity contribution in [2.75, 3.05) is 32.7 Å². The maximum absolute atomic E-state index is 12.2. The Kier molecular flexibility index (Phi) is 4.71. The Morgan fingerprint density at radius 1 is 1.26 bits per heavy atom. The fraction of sp³-hybridized carbons (Fsp3) is 0.615. The Labute approximate surface area is 118 Å². The second-order valence-electron chi connectivity index (χ2n) is 5.23. The van der Waals surface area contributed by atoms with Gasteiger partial charge in [-0.3, -0.25) is 9.69 Å². The molecule has 0 aliphatic carbocycles. The van der Waals surface area contributed by atoms with Crippen LogP contribution < -0.4 is 0 Å². The maximum Gasteiger partial charge on any atom is 0.274 e. The van der Waals surface area contributed by atoms with Gasteiger partial charge < -0.3 is 4.90 Å². The van der Waals surface area contributed by atoms with Gasteiger partial charge >= 0.3 is 0 Å². The van der Waals surface area contributed by atoms with Crippen LogP contribution in [-0.2, 0) is 0 Å². The van der Waals surface area contributed by atoms with Crippen LogP contribution in [0.4, 0.5) is 0 Å². The zero-order chi connectivity index (χ0) is 13.8. The average Bonchev–Trinajstić information content (AvgIpc) is 2.39. The summed E-state index contributed by atoms with van der Waals surface area (Å²) in [5, 5.41) is 7.84. The minimum atomic E-state index is -0.0617. The van der Waals surface area contributed by atoms with E-state index in [0.29, 0.717) is 16.8 Å². The maximum atomic E-state index is 12.2. The summed E-state index contributed by atoms with van der Waals surface area (Å²) in [4.78, 5) is 16.4. The van der Waals surface area contributed by atoms with Gasteiger partial charge in [-0.1, -0.05) is 25.4 Å². The van der Waals surface area contributed by atoms with Gasteiger partial charge in [0.05, 0.1) is 0 Å². The molecule has 1 saturated heterocycles. The van der Waals surface area contributed by atoms with Crippen molar-refractivity contribution in [3.63, 3.8) is 0 Å². The molecule has 1 aromatic rings. The van der Waals surface area contributed by atoms with Crippen LogP contribution in [0.3, 0.4) is 0 Å². The molecule has 104 valence electrons. The third kappa shape index (κ3) is 3.88. The van der Waals surface area contributed by atoms with Gasteiger partial charge in [-0.25, -0.2) is 0 Å². The lowest BCUT2D eigenvalue weighted by molar-refractivity contribution is 0.0617. The van der Waals surface area contributed by atoms with Gasteiger partial charge in [-0.15, -0.1) is 10.2 Å². The number of hydrogen-bond acceptors (Lipinski definition) is 4. The minimum absolute atomic E-state index is 0.0617. The summed E-state index contributed by atoms with van der Waals surface area (Å²) in [5.74, 6) is 0.595. The summed E-state index contributed by atoms with van der Waals surface area (Å²) >= 11 is 5.66. The number of amides is 1. The number of rotatable bonds is 3. The quantitative estimate of drug-likeness (QED) is 0.844. The molecule has 0 unspecified atom stereocenters. The monoisotopic (exact) mass is 282 g/mol. The van der Waals surface area contributed by atoms with Crippen LogP contribution in [-0.4, -0.2) is 58.6 Å². The molecule has 1 aliphatic rings. The van der Waals surface area contributed by atoms with E-state index in [1.807, 2.05) is 4.90 Å². The molecule has 6 heteroatoms. The van der Waals surface area contributed by atoms with Crippen molar-refractivity contribution in [2.24, 2.45) is 5.92 Å². The highest BCUT2D eigenvalue weighted by Gasteiger charge is 2.23. The largest absolute Gasteiger partial charge is 0.335 e. The van der Waals surface area contributed by atoms with E-state index in [1.165, 1.54) is 0 Å². The highest BCUT2D eigenvalue weighted by Crippen LogP contribution is 2.09. The average molecular weight is 283 g/mol. The van der Waals surface area contributed by atoms with Crippen LogP contribution in [0.15, 0.2) is 12.1 Å². The van der Waals surface area contributed by atoms with Crippen molar-refractivity contribution in [3.05, 3.63) is 23.0 Å². The molecule has 2 heterocycles. The lowest BCUT2D eigenvalue weighted by Gasteiger charge is -2.35. The minimum Gasteiger partial charge on any atom is -0.335 e. The standard InChI is InChI=1S/C13H19ClN4O/c1-10(2)9-17-5-7-18(8-6-17)13(19)11-3-4-12(14)16-15-11/h3-4,10H,5-9H2,1-2H3. The van der Waals surface area contributed by atoms with E-state index in [0.717, 1.165) is 32.7 Å². The normalized spacial score (nSPS) is 16.9. The van der Waals surface area contributed by atoms with Crippen molar-refractivity contribution in [3.8, 4) is 0 Å². The van der Waals surface area contributed by atoms with Crippen molar-refractivity contribution in [1.29, 1.82) is 0 Å². The Balaban J connectivity index is 1.90. The fourth-order valence-corrected chi connectivity index (χ4v) is 2.34. The summed E-state index contributed by atoms with van der Waals surface area (Å²) in [6.07, 6.45) is 0. The third-order valence-corrected chi connectivity index (χ3v) is 3.34. The summed E-state index contributed by atoms with van der Waals surface area (Å²) in [7, 11) is 0. The number of carbonyl (C=O) groups is 1. The Bertz CT molecular complexity index is 427. The van der Waals surface area contributed by atoms with E-state index < -0.39 is 0 Å². The number of halogens is 1. The molecule has 1 amide bonds. The first-order valence-corrected chi connectivity index (χ1v) is 6.95. The SMILES string of the molecule is CC(C)CN1CCN(C(=O)c2ccc(Cl)nn2)CC1. The highest BCUT2D eigenvalue weighted by atomic mass is 35.5. The third-order valence-electron chi connectivity index (χ3n) is 3.13. The molecule has 1 aliphatic heterocycles. The Hall–Kier alpha value is -1.20. The molecule has 0 spiro atoms. The van der Waals surface area contributed by atoms with Crippen molar-refractivity contribution >= 4 is 17.5 Å². The van der Waals surface area contributed by atoms with Crippen LogP contribution in [0.5, 0.6) is 0 Å². The molecule has 1 fully saturated rings. The predicted octanol–water partition coefficient (Wildman–Crippen LogP) is 1.54. The van der Waals surface area contributed by atoms with E-state index in [4.69, 9.17) is 11.6 Å². The van der Waals surface area contributed by atoms with Crippen LogP contribution >= 0.6 is 11.6 Å². The van der Waals surface area contributed by atoms with Gasteiger partial charge in [-0.2, -0.15) is 0 Å². The summed E-state index contributed by atoms with van der Waals surface area (Å²) in [6, 6.07) is 3.22. The molecule has 19 heavy (non-hydrogen) atoms. The smallest absolute Gasteiger partial charge is 0.274 e. The van der Waals surface area contributed by atoms with E-state index in [2.05, 4.69) is 28.9 Å². The predicted molar refractivity (Wildman–Crippen MR) is 74.2 cm³/mol. The summed E-state index contributed by atoms with van der Waals surface area (Å²) < 4.78 is 0. The zero-order valence-corrected chi connectivity index (χ0v) is 12.1. The van der Waals surface area contributed by atoms with Crippen LogP contribution in [0.25, 0.3) is 0 Å². The lowest BCUT2D eigenvalue weighted by Crippen LogP contribution is -2.49. The molecule has 2 rings (SSSR count). The highest BCUT2D eigenvalue weighted by molar-refractivity contribution is 6.29. The molecule has 0 aromatic carbocycles. The van der Waals surface area contributed by atoms with Crippen molar-refractivity contribution in [1.82, 2.24) is 20.0 Å². The van der Waals surface area contributed by atoms with Gasteiger partial charge in [0.2, 0.25) is 0 Å². The number of aromatic nitrogens is 2. The Morgan fingerprint density at radius 3 is 2.47 bits per heavy atom. The first-order valence-electron chi connectivity index (χ1n) is 6.57. The number of nitrogens with zero attached hydrogens (tertiary/aromatic N) is 4. The molecule has 1 aromatic heterocycles. The van der Waals surface area contributed by atoms with Gasteiger partial charge in [0.1, 0.15) is 0 Å². The van der Waals surface area contributed by atoms with Gasteiger partial charge in [0.25, 0.3) is 5.91 Å². The second kappa shape index (κ2) is 6.30. The molecular weight excluding hydrogens is 264 g/mol. The molecule has 0 radical (unpaired) electrons. The van der Waals surface area contributed by atoms with E-state index in [-0.39, 0.29) is 5.91 Å². The van der Waals surface area contributed by atoms with Gasteiger partial charge in [0, 0.05) is 32.7 Å². The molecule has 0 saturated carbocycles. The Morgan fingerprint density at radius 2 is 1.95 bits per heavy atom. The number of carbonyl (C=O) groups excluding carboxylic acids is 1. The number of hydrogen-bond donors (Lipinski definition) is 0. The first kappa shape index (κ1) is 14.2. The molecular formula is C13H19ClN4O. The van der Waals surface area contributed by atoms with Crippen molar-refractivity contribution in [2.45, 2.75) is 13.8 Å². The molecule has 0 bridgehead atoms. The second-order valence-corrected chi connectivity index (χ2v) is 5.62. The van der Waals surface area contributed by atoms with E-state index in [9.17, 15) is 4.79 Å². The fourth-order valence-electron chi connectivity index (χ4n) is 2.24. The zero-order valence-electron chi connectivity index (χ0n) is 11.3. The van der Waals surface area contributed by atoms with Crippen molar-refractivity contribution < 1.29 is 4.79 Å². The first-order chi connectivity index (χ1) is 9.06. The molecule has 5 nitrogen and oxygen atoms in total. The van der Waals surface area contributed by atoms with E-state index >= 15 is 0 Å². The van der Waals surface area contributed by atoms with Crippen LogP contribution in [0.2, 0.25) is 5.15 Å². The van der Waals surface area contributed by atoms with Crippen LogP contribution in [0.1, 0.15) is 24.3 Å². The van der Waals surface area contributed by atoms with Crippen LogP contribution in [0, 0.1) is 5.92 Å². The van der Waals surface area contributed by atoms with Gasteiger partial charge in [-0.05, 0) is 18.1 Å². The molecule has 0 atom stereocenters. The molecule has 0 N–H and O–H groups in total. The van der Waals surface area contributed by atoms with Gasteiger partial charge in [0.15, 0.2) is 10.8 Å². The lowest BCUT2D eigenvalue weighted by atomic mass is 10.2.